The van der Waals surface area contributed by atoms with E-state index in [1.807, 2.05) is 28.8 Å². The first-order valence-electron chi connectivity index (χ1n) is 16.3. The number of benzene rings is 2. The Hall–Kier alpha value is -5.09. The molecule has 6 rings (SSSR count). The van der Waals surface area contributed by atoms with Crippen molar-refractivity contribution in [1.82, 2.24) is 18.7 Å². The predicted octanol–water partition coefficient (Wildman–Crippen LogP) is 7.02. The van der Waals surface area contributed by atoms with Gasteiger partial charge < -0.3 is 24.8 Å². The van der Waals surface area contributed by atoms with Gasteiger partial charge >= 0.3 is 12.7 Å². The standard InChI is InChI=1S/C20H20F3N3O2.C16H18F3N3O2/c1-12-9-15(11-25(2)19(12)27)14-5-6-16-17(10-14)26(7-8-28-20(21,22)23)18(24-16)13-3-4-13;1-10-7-12(9-22(2)15(10)23)11-3-4-13(20)14(8-11)21-5-6-24-16(17,18)19/h5-6,9-11,13H,3-4,7-8H2,1-2H3;3-4,7-9,21H,5-6,20H2,1-2H3. The zero-order valence-electron chi connectivity index (χ0n) is 28.9. The SMILES string of the molecule is Cc1cc(-c2ccc(N)c(NCCOC(F)(F)F)c2)cn(C)c1=O.Cc1cc(-c2ccc3nc(C4CC4)n(CCOC(F)(F)F)c3c2)cn(C)c1=O. The first-order chi connectivity index (χ1) is 24.4. The number of aromatic nitrogens is 4. The van der Waals surface area contributed by atoms with Gasteiger partial charge in [0.15, 0.2) is 0 Å². The molecule has 0 bridgehead atoms. The van der Waals surface area contributed by atoms with Crippen molar-refractivity contribution in [2.24, 2.45) is 14.1 Å². The van der Waals surface area contributed by atoms with E-state index in [9.17, 15) is 35.9 Å². The maximum atomic E-state index is 12.4. The summed E-state index contributed by atoms with van der Waals surface area (Å²) in [6, 6.07) is 14.4. The number of fused-ring (bicyclic) bond motifs is 1. The summed E-state index contributed by atoms with van der Waals surface area (Å²) in [7, 11) is 3.35. The fourth-order valence-corrected chi connectivity index (χ4v) is 5.77. The number of rotatable bonds is 10. The fraction of sp³-hybridized carbons (Fsp3) is 0.361. The Morgan fingerprint density at radius 1 is 0.788 bits per heavy atom. The Kier molecular flexibility index (Phi) is 11.2. The van der Waals surface area contributed by atoms with Crippen LogP contribution in [0.3, 0.4) is 0 Å². The molecule has 0 saturated heterocycles. The van der Waals surface area contributed by atoms with E-state index in [1.165, 1.54) is 9.13 Å². The Bertz CT molecular complexity index is 2130. The minimum Gasteiger partial charge on any atom is -0.397 e. The van der Waals surface area contributed by atoms with Crippen LogP contribution in [-0.2, 0) is 30.1 Å². The molecule has 16 heteroatoms. The number of alkyl halides is 6. The summed E-state index contributed by atoms with van der Waals surface area (Å²) in [4.78, 5) is 28.3. The number of hydrogen-bond donors (Lipinski definition) is 2. The molecular weight excluding hydrogens is 694 g/mol. The molecular formula is C36H38F6N6O4. The summed E-state index contributed by atoms with van der Waals surface area (Å²) < 4.78 is 85.5. The van der Waals surface area contributed by atoms with Gasteiger partial charge in [-0.15, -0.1) is 26.3 Å². The van der Waals surface area contributed by atoms with Crippen LogP contribution in [0.1, 0.15) is 35.7 Å². The lowest BCUT2D eigenvalue weighted by Gasteiger charge is -2.13. The lowest BCUT2D eigenvalue weighted by Crippen LogP contribution is -2.19. The van der Waals surface area contributed by atoms with Gasteiger partial charge in [-0.25, -0.2) is 4.98 Å². The van der Waals surface area contributed by atoms with Gasteiger partial charge in [0.05, 0.1) is 35.6 Å². The van der Waals surface area contributed by atoms with E-state index in [4.69, 9.17) is 5.73 Å². The van der Waals surface area contributed by atoms with Gasteiger partial charge in [0, 0.05) is 56.6 Å². The number of pyridine rings is 2. The third kappa shape index (κ3) is 9.61. The molecule has 0 unspecified atom stereocenters. The molecule has 0 radical (unpaired) electrons. The molecule has 1 saturated carbocycles. The summed E-state index contributed by atoms with van der Waals surface area (Å²) in [6.07, 6.45) is -3.86. The summed E-state index contributed by atoms with van der Waals surface area (Å²) in [5, 5.41) is 2.82. The minimum atomic E-state index is -4.65. The highest BCUT2D eigenvalue weighted by molar-refractivity contribution is 5.83. The van der Waals surface area contributed by atoms with E-state index in [0.717, 1.165) is 52.0 Å². The van der Waals surface area contributed by atoms with Crippen LogP contribution in [-0.4, -0.2) is 51.2 Å². The summed E-state index contributed by atoms with van der Waals surface area (Å²) in [5.74, 6) is 1.11. The quantitative estimate of drug-likeness (QED) is 0.0901. The van der Waals surface area contributed by atoms with Crippen molar-refractivity contribution in [1.29, 1.82) is 0 Å². The number of halogens is 6. The van der Waals surface area contributed by atoms with Gasteiger partial charge in [0.1, 0.15) is 5.82 Å². The Labute approximate surface area is 294 Å². The number of anilines is 2. The number of imidazole rings is 1. The molecule has 0 spiro atoms. The van der Waals surface area contributed by atoms with Crippen LogP contribution in [0, 0.1) is 13.8 Å². The largest absolute Gasteiger partial charge is 0.522 e. The van der Waals surface area contributed by atoms with Gasteiger partial charge in [-0.3, -0.25) is 19.1 Å². The predicted molar refractivity (Wildman–Crippen MR) is 186 cm³/mol. The van der Waals surface area contributed by atoms with E-state index in [-0.39, 0.29) is 24.2 Å². The van der Waals surface area contributed by atoms with E-state index in [2.05, 4.69) is 19.8 Å². The van der Waals surface area contributed by atoms with Crippen molar-refractivity contribution >= 4 is 22.4 Å². The third-order valence-corrected chi connectivity index (χ3v) is 8.43. The van der Waals surface area contributed by atoms with Gasteiger partial charge in [0.25, 0.3) is 11.1 Å². The number of nitrogens with one attached hydrogen (secondary N) is 1. The highest BCUT2D eigenvalue weighted by atomic mass is 19.4. The Morgan fingerprint density at radius 2 is 1.33 bits per heavy atom. The second-order valence-corrected chi connectivity index (χ2v) is 12.6. The van der Waals surface area contributed by atoms with Crippen LogP contribution in [0.25, 0.3) is 33.3 Å². The first kappa shape index (κ1) is 38.1. The number of nitrogens with zero attached hydrogens (tertiary/aromatic N) is 4. The number of nitrogens with two attached hydrogens (primary N) is 1. The molecule has 5 aromatic rings. The Balaban J connectivity index is 0.000000204. The van der Waals surface area contributed by atoms with Crippen LogP contribution in [0.4, 0.5) is 37.7 Å². The average molecular weight is 733 g/mol. The van der Waals surface area contributed by atoms with E-state index in [1.54, 1.807) is 64.6 Å². The van der Waals surface area contributed by atoms with Crippen molar-refractivity contribution in [3.8, 4) is 22.3 Å². The molecule has 52 heavy (non-hydrogen) atoms. The molecule has 3 aromatic heterocycles. The molecule has 0 amide bonds. The monoisotopic (exact) mass is 732 g/mol. The van der Waals surface area contributed by atoms with Gasteiger partial charge in [-0.2, -0.15) is 0 Å². The normalized spacial score (nSPS) is 13.3. The fourth-order valence-electron chi connectivity index (χ4n) is 5.77. The summed E-state index contributed by atoms with van der Waals surface area (Å²) >= 11 is 0. The molecule has 0 atom stereocenters. The topological polar surface area (TPSA) is 118 Å². The second kappa shape index (κ2) is 15.3. The Morgan fingerprint density at radius 3 is 1.87 bits per heavy atom. The maximum Gasteiger partial charge on any atom is 0.522 e. The van der Waals surface area contributed by atoms with E-state index < -0.39 is 25.9 Å². The lowest BCUT2D eigenvalue weighted by atomic mass is 10.0. The molecule has 278 valence electrons. The number of aryl methyl sites for hydroxylation is 4. The van der Waals surface area contributed by atoms with Gasteiger partial charge in [0.2, 0.25) is 0 Å². The summed E-state index contributed by atoms with van der Waals surface area (Å²) in [5.41, 5.74) is 12.7. The molecule has 1 aliphatic carbocycles. The molecule has 3 N–H and O–H groups in total. The van der Waals surface area contributed by atoms with Crippen molar-refractivity contribution in [3.63, 3.8) is 0 Å². The minimum absolute atomic E-state index is 0.0422. The third-order valence-electron chi connectivity index (χ3n) is 8.43. The second-order valence-electron chi connectivity index (χ2n) is 12.6. The van der Waals surface area contributed by atoms with Crippen molar-refractivity contribution in [2.75, 3.05) is 30.8 Å². The number of hydrogen-bond acceptors (Lipinski definition) is 7. The highest BCUT2D eigenvalue weighted by Crippen LogP contribution is 2.41. The molecule has 1 fully saturated rings. The van der Waals surface area contributed by atoms with Crippen molar-refractivity contribution in [2.45, 2.75) is 51.9 Å². The molecule has 10 nitrogen and oxygen atoms in total. The smallest absolute Gasteiger partial charge is 0.397 e. The van der Waals surface area contributed by atoms with Gasteiger partial charge in [-0.1, -0.05) is 12.1 Å². The highest BCUT2D eigenvalue weighted by Gasteiger charge is 2.32. The molecule has 3 heterocycles. The molecule has 1 aliphatic rings. The summed E-state index contributed by atoms with van der Waals surface area (Å²) in [6.45, 7) is 2.53. The van der Waals surface area contributed by atoms with Crippen LogP contribution in [0.2, 0.25) is 0 Å². The van der Waals surface area contributed by atoms with E-state index >= 15 is 0 Å². The van der Waals surface area contributed by atoms with E-state index in [0.29, 0.717) is 28.4 Å². The zero-order chi connectivity index (χ0) is 38.0. The van der Waals surface area contributed by atoms with Crippen molar-refractivity contribution in [3.05, 3.63) is 98.6 Å². The number of ether oxygens (including phenoxy) is 2. The van der Waals surface area contributed by atoms with Crippen LogP contribution in [0.15, 0.2) is 70.5 Å². The average Bonchev–Trinajstić information content (AvgIpc) is 3.85. The van der Waals surface area contributed by atoms with Crippen LogP contribution in [0.5, 0.6) is 0 Å². The van der Waals surface area contributed by atoms with Crippen LogP contribution >= 0.6 is 0 Å². The first-order valence-corrected chi connectivity index (χ1v) is 16.3. The van der Waals surface area contributed by atoms with Crippen molar-refractivity contribution < 1.29 is 35.8 Å². The molecule has 2 aromatic carbocycles. The van der Waals surface area contributed by atoms with Gasteiger partial charge in [-0.05, 0) is 85.3 Å². The zero-order valence-corrected chi connectivity index (χ0v) is 28.9. The lowest BCUT2D eigenvalue weighted by molar-refractivity contribution is -0.325. The maximum absolute atomic E-state index is 12.4. The molecule has 0 aliphatic heterocycles. The number of nitrogen functional groups attached to an aromatic ring is 1. The van der Waals surface area contributed by atoms with Crippen LogP contribution < -0.4 is 22.2 Å².